The SMILES string of the molecule is CCN1C(=O)C(=C2Sc3cc(N(CCO)CCO)ccc3N2C)C(=O)N(CC)C1=O. The Balaban J connectivity index is 2.02. The summed E-state index contributed by atoms with van der Waals surface area (Å²) in [5.74, 6) is -1.16. The van der Waals surface area contributed by atoms with Crippen molar-refractivity contribution < 1.29 is 24.6 Å². The molecule has 3 rings (SSSR count). The summed E-state index contributed by atoms with van der Waals surface area (Å²) in [7, 11) is 1.78. The molecule has 1 fully saturated rings. The Labute approximate surface area is 179 Å². The zero-order valence-corrected chi connectivity index (χ0v) is 18.1. The Morgan fingerprint density at radius 2 is 1.53 bits per heavy atom. The molecule has 0 aromatic heterocycles. The van der Waals surface area contributed by atoms with Crippen LogP contribution in [0.25, 0.3) is 0 Å². The summed E-state index contributed by atoms with van der Waals surface area (Å²) in [5, 5.41) is 19.1. The van der Waals surface area contributed by atoms with Crippen molar-refractivity contribution in [2.24, 2.45) is 0 Å². The molecule has 1 saturated heterocycles. The molecule has 4 amide bonds. The minimum atomic E-state index is -0.589. The van der Waals surface area contributed by atoms with Crippen LogP contribution in [-0.2, 0) is 9.59 Å². The number of barbiturate groups is 1. The van der Waals surface area contributed by atoms with Crippen molar-refractivity contribution in [1.82, 2.24) is 9.80 Å². The maximum absolute atomic E-state index is 13.0. The molecule has 162 valence electrons. The molecule has 1 aromatic carbocycles. The number of carbonyl (C=O) groups excluding carboxylic acids is 3. The molecule has 2 aliphatic rings. The average molecular weight is 435 g/mol. The topological polar surface area (TPSA) is 105 Å². The van der Waals surface area contributed by atoms with Crippen molar-refractivity contribution in [3.63, 3.8) is 0 Å². The van der Waals surface area contributed by atoms with E-state index in [1.807, 2.05) is 23.1 Å². The van der Waals surface area contributed by atoms with Crippen molar-refractivity contribution in [1.29, 1.82) is 0 Å². The maximum atomic E-state index is 13.0. The van der Waals surface area contributed by atoms with Gasteiger partial charge in [0.25, 0.3) is 11.8 Å². The van der Waals surface area contributed by atoms with Crippen LogP contribution < -0.4 is 9.80 Å². The number of hydrogen-bond donors (Lipinski definition) is 2. The number of aliphatic hydroxyl groups excluding tert-OH is 2. The number of fused-ring (bicyclic) bond motifs is 1. The Hall–Kier alpha value is -2.56. The van der Waals surface area contributed by atoms with Crippen molar-refractivity contribution >= 4 is 41.0 Å². The van der Waals surface area contributed by atoms with Crippen LogP contribution in [0.3, 0.4) is 0 Å². The van der Waals surface area contributed by atoms with Crippen molar-refractivity contribution in [2.45, 2.75) is 18.7 Å². The van der Waals surface area contributed by atoms with Gasteiger partial charge in [0, 0.05) is 43.8 Å². The van der Waals surface area contributed by atoms with Crippen molar-refractivity contribution in [3.05, 3.63) is 28.8 Å². The molecular weight excluding hydrogens is 408 g/mol. The van der Waals surface area contributed by atoms with Crippen LogP contribution in [0.1, 0.15) is 13.8 Å². The molecule has 10 heteroatoms. The van der Waals surface area contributed by atoms with E-state index in [-0.39, 0.29) is 31.9 Å². The predicted octanol–water partition coefficient (Wildman–Crippen LogP) is 1.06. The van der Waals surface area contributed by atoms with Crippen LogP contribution in [0.4, 0.5) is 16.2 Å². The van der Waals surface area contributed by atoms with Gasteiger partial charge in [-0.25, -0.2) is 4.79 Å². The van der Waals surface area contributed by atoms with Gasteiger partial charge in [-0.05, 0) is 32.0 Å². The minimum Gasteiger partial charge on any atom is -0.395 e. The third kappa shape index (κ3) is 3.66. The van der Waals surface area contributed by atoms with Crippen LogP contribution in [0.15, 0.2) is 33.7 Å². The Morgan fingerprint density at radius 1 is 0.967 bits per heavy atom. The lowest BCUT2D eigenvalue weighted by Crippen LogP contribution is -2.56. The van der Waals surface area contributed by atoms with Gasteiger partial charge in [0.15, 0.2) is 0 Å². The summed E-state index contributed by atoms with van der Waals surface area (Å²) < 4.78 is 0. The van der Waals surface area contributed by atoms with Gasteiger partial charge in [-0.3, -0.25) is 19.4 Å². The van der Waals surface area contributed by atoms with Gasteiger partial charge >= 0.3 is 6.03 Å². The molecule has 2 N–H and O–H groups in total. The largest absolute Gasteiger partial charge is 0.395 e. The second-order valence-electron chi connectivity index (χ2n) is 6.81. The van der Waals surface area contributed by atoms with Gasteiger partial charge in [0.05, 0.1) is 23.9 Å². The van der Waals surface area contributed by atoms with Gasteiger partial charge in [-0.15, -0.1) is 0 Å². The number of hydrogen-bond acceptors (Lipinski definition) is 8. The Morgan fingerprint density at radius 3 is 2.03 bits per heavy atom. The van der Waals surface area contributed by atoms with E-state index in [1.165, 1.54) is 11.8 Å². The first-order valence-electron chi connectivity index (χ1n) is 9.83. The molecule has 30 heavy (non-hydrogen) atoms. The molecule has 1 aromatic rings. The first-order valence-corrected chi connectivity index (χ1v) is 10.6. The van der Waals surface area contributed by atoms with Crippen LogP contribution in [0, 0.1) is 0 Å². The minimum absolute atomic E-state index is 0.00822. The highest BCUT2D eigenvalue weighted by Crippen LogP contribution is 2.48. The third-order valence-electron chi connectivity index (χ3n) is 5.15. The summed E-state index contributed by atoms with van der Waals surface area (Å²) in [4.78, 5) is 45.0. The van der Waals surface area contributed by atoms with E-state index >= 15 is 0 Å². The number of carbonyl (C=O) groups is 3. The third-order valence-corrected chi connectivity index (χ3v) is 6.37. The molecule has 0 saturated carbocycles. The molecule has 0 atom stereocenters. The summed E-state index contributed by atoms with van der Waals surface area (Å²) in [6.07, 6.45) is 0. The first kappa shape index (κ1) is 22.1. The van der Waals surface area contributed by atoms with E-state index < -0.39 is 17.8 Å². The lowest BCUT2D eigenvalue weighted by Gasteiger charge is -2.33. The predicted molar refractivity (Wildman–Crippen MR) is 114 cm³/mol. The molecule has 0 unspecified atom stereocenters. The van der Waals surface area contributed by atoms with Gasteiger partial charge in [0.1, 0.15) is 5.57 Å². The fourth-order valence-electron chi connectivity index (χ4n) is 3.59. The molecule has 0 radical (unpaired) electrons. The highest BCUT2D eigenvalue weighted by molar-refractivity contribution is 8.03. The molecule has 2 heterocycles. The number of thioether (sulfide) groups is 1. The zero-order chi connectivity index (χ0) is 22.0. The molecule has 0 bridgehead atoms. The fraction of sp³-hybridized carbons (Fsp3) is 0.450. The highest BCUT2D eigenvalue weighted by Gasteiger charge is 2.44. The summed E-state index contributed by atoms with van der Waals surface area (Å²) in [5.41, 5.74) is 1.65. The number of benzene rings is 1. The van der Waals surface area contributed by atoms with E-state index in [1.54, 1.807) is 25.8 Å². The van der Waals surface area contributed by atoms with Crippen LogP contribution in [-0.4, -0.2) is 84.3 Å². The molecule has 2 aliphatic heterocycles. The van der Waals surface area contributed by atoms with E-state index in [0.717, 1.165) is 26.1 Å². The smallest absolute Gasteiger partial charge is 0.333 e. The highest BCUT2D eigenvalue weighted by atomic mass is 32.2. The monoisotopic (exact) mass is 434 g/mol. The van der Waals surface area contributed by atoms with E-state index in [9.17, 15) is 24.6 Å². The van der Waals surface area contributed by atoms with Gasteiger partial charge < -0.3 is 20.0 Å². The van der Waals surface area contributed by atoms with Crippen molar-refractivity contribution in [2.75, 3.05) is 56.2 Å². The average Bonchev–Trinajstić information content (AvgIpc) is 3.04. The number of likely N-dealkylation sites (N-methyl/N-ethyl adjacent to an activating group) is 2. The second kappa shape index (κ2) is 9.07. The molecular formula is C20H26N4O5S. The Kier molecular flexibility index (Phi) is 6.69. The number of urea groups is 1. The molecule has 0 aliphatic carbocycles. The van der Waals surface area contributed by atoms with E-state index in [0.29, 0.717) is 18.1 Å². The molecule has 0 spiro atoms. The standard InChI is InChI=1S/C20H26N4O5S/c1-4-23-17(27)16(18(28)24(5-2)20(23)29)19-21(3)14-7-6-13(12-15(14)30-19)22(8-10-25)9-11-26/h6-7,12,25-26H,4-5,8-11H2,1-3H3. The van der Waals surface area contributed by atoms with E-state index in [4.69, 9.17) is 0 Å². The summed E-state index contributed by atoms with van der Waals surface area (Å²) >= 11 is 1.30. The lowest BCUT2D eigenvalue weighted by molar-refractivity contribution is -0.135. The van der Waals surface area contributed by atoms with Crippen LogP contribution in [0.2, 0.25) is 0 Å². The second-order valence-corrected chi connectivity index (χ2v) is 7.84. The Bertz CT molecular complexity index is 869. The summed E-state index contributed by atoms with van der Waals surface area (Å²) in [6, 6.07) is 5.08. The van der Waals surface area contributed by atoms with Crippen molar-refractivity contribution in [3.8, 4) is 0 Å². The maximum Gasteiger partial charge on any atom is 0.333 e. The van der Waals surface area contributed by atoms with Gasteiger partial charge in [-0.2, -0.15) is 0 Å². The lowest BCUT2D eigenvalue weighted by atomic mass is 10.1. The van der Waals surface area contributed by atoms with E-state index in [2.05, 4.69) is 0 Å². The fourth-order valence-corrected chi connectivity index (χ4v) is 4.80. The normalized spacial score (nSPS) is 16.7. The number of aliphatic hydroxyl groups is 2. The summed E-state index contributed by atoms with van der Waals surface area (Å²) in [6.45, 7) is 4.43. The number of anilines is 2. The quantitative estimate of drug-likeness (QED) is 0.485. The number of rotatable bonds is 7. The van der Waals surface area contributed by atoms with Gasteiger partial charge in [-0.1, -0.05) is 11.8 Å². The molecule has 9 nitrogen and oxygen atoms in total. The number of nitrogens with zero attached hydrogens (tertiary/aromatic N) is 4. The van der Waals surface area contributed by atoms with Gasteiger partial charge in [0.2, 0.25) is 0 Å². The first-order chi connectivity index (χ1) is 14.4. The van der Waals surface area contributed by atoms with Crippen LogP contribution in [0.5, 0.6) is 0 Å². The number of amides is 4. The number of imide groups is 2. The van der Waals surface area contributed by atoms with Crippen LogP contribution >= 0.6 is 11.8 Å². The zero-order valence-electron chi connectivity index (χ0n) is 17.3.